The van der Waals surface area contributed by atoms with Crippen LogP contribution in [0, 0.1) is 0 Å². The maximum atomic E-state index is 11.5. The number of nitrogens with zero attached hydrogens (tertiary/aromatic N) is 1. The van der Waals surface area contributed by atoms with Gasteiger partial charge in [0.25, 0.3) is 0 Å². The molecule has 2 aromatic heterocycles. The number of piperidine rings is 1. The van der Waals surface area contributed by atoms with Crippen molar-refractivity contribution < 1.29 is 4.74 Å². The molecule has 4 heterocycles. The molecule has 0 radical (unpaired) electrons. The third kappa shape index (κ3) is 2.96. The standard InChI is InChI=1S/C19H24N2O2S/c1-2-16-12-17-18(24-16)4-10-23-19(17)5-8-21(9-6-19)13-14-11-15(22)3-7-20-14/h3,7,11-12H,2,4-6,8-10,13H2,1H3,(H,20,22). The van der Waals surface area contributed by atoms with Crippen LogP contribution in [-0.4, -0.2) is 29.6 Å². The van der Waals surface area contributed by atoms with Crippen molar-refractivity contribution in [3.63, 3.8) is 0 Å². The molecular weight excluding hydrogens is 320 g/mol. The first kappa shape index (κ1) is 16.1. The quantitative estimate of drug-likeness (QED) is 0.931. The number of thiophene rings is 1. The highest BCUT2D eigenvalue weighted by atomic mass is 32.1. The molecule has 4 nitrogen and oxygen atoms in total. The van der Waals surface area contributed by atoms with Crippen molar-refractivity contribution in [2.75, 3.05) is 19.7 Å². The van der Waals surface area contributed by atoms with Crippen LogP contribution in [0.2, 0.25) is 0 Å². The van der Waals surface area contributed by atoms with E-state index in [1.165, 1.54) is 10.4 Å². The Balaban J connectivity index is 1.48. The zero-order chi connectivity index (χ0) is 16.6. The number of H-pyrrole nitrogens is 1. The fraction of sp³-hybridized carbons (Fsp3) is 0.526. The molecule has 128 valence electrons. The summed E-state index contributed by atoms with van der Waals surface area (Å²) >= 11 is 1.97. The van der Waals surface area contributed by atoms with Crippen LogP contribution in [0.15, 0.2) is 29.2 Å². The fourth-order valence-electron chi connectivity index (χ4n) is 3.96. The summed E-state index contributed by atoms with van der Waals surface area (Å²) in [5.74, 6) is 0. The summed E-state index contributed by atoms with van der Waals surface area (Å²) in [6, 6.07) is 5.66. The normalized spacial score (nSPS) is 20.2. The number of likely N-dealkylation sites (tertiary alicyclic amines) is 1. The van der Waals surface area contributed by atoms with Gasteiger partial charge in [-0.1, -0.05) is 6.92 Å². The van der Waals surface area contributed by atoms with Crippen molar-refractivity contribution in [1.29, 1.82) is 0 Å². The second-order valence-electron chi connectivity index (χ2n) is 6.82. The van der Waals surface area contributed by atoms with Gasteiger partial charge in [0, 0.05) is 59.8 Å². The maximum Gasteiger partial charge on any atom is 0.181 e. The van der Waals surface area contributed by atoms with Crippen LogP contribution in [0.5, 0.6) is 0 Å². The molecule has 2 aliphatic heterocycles. The molecule has 0 amide bonds. The molecule has 4 rings (SSSR count). The number of rotatable bonds is 3. The number of aromatic nitrogens is 1. The van der Waals surface area contributed by atoms with Gasteiger partial charge >= 0.3 is 0 Å². The molecule has 1 saturated heterocycles. The number of hydrogen-bond acceptors (Lipinski definition) is 4. The number of pyridine rings is 1. The molecule has 0 atom stereocenters. The first-order valence-corrected chi connectivity index (χ1v) is 9.66. The molecule has 1 fully saturated rings. The van der Waals surface area contributed by atoms with E-state index in [4.69, 9.17) is 4.74 Å². The molecule has 0 unspecified atom stereocenters. The van der Waals surface area contributed by atoms with E-state index in [2.05, 4.69) is 22.9 Å². The second-order valence-corrected chi connectivity index (χ2v) is 8.04. The summed E-state index contributed by atoms with van der Waals surface area (Å²) in [6.45, 7) is 5.90. The summed E-state index contributed by atoms with van der Waals surface area (Å²) in [6.07, 6.45) is 5.99. The van der Waals surface area contributed by atoms with Gasteiger partial charge in [0.2, 0.25) is 0 Å². The average molecular weight is 344 g/mol. The highest BCUT2D eigenvalue weighted by molar-refractivity contribution is 7.12. The van der Waals surface area contributed by atoms with E-state index in [0.29, 0.717) is 0 Å². The molecule has 2 aliphatic rings. The van der Waals surface area contributed by atoms with Crippen LogP contribution >= 0.6 is 11.3 Å². The third-order valence-corrected chi connectivity index (χ3v) is 6.64. The number of ether oxygens (including phenoxy) is 1. The summed E-state index contributed by atoms with van der Waals surface area (Å²) < 4.78 is 6.33. The highest BCUT2D eigenvalue weighted by Gasteiger charge is 2.41. The molecule has 24 heavy (non-hydrogen) atoms. The van der Waals surface area contributed by atoms with Crippen LogP contribution in [0.4, 0.5) is 0 Å². The van der Waals surface area contributed by atoms with Gasteiger partial charge in [0.15, 0.2) is 5.43 Å². The third-order valence-electron chi connectivity index (χ3n) is 5.30. The van der Waals surface area contributed by atoms with E-state index in [-0.39, 0.29) is 11.0 Å². The van der Waals surface area contributed by atoms with E-state index >= 15 is 0 Å². The molecule has 2 aromatic rings. The predicted octanol–water partition coefficient (Wildman–Crippen LogP) is 3.06. The lowest BCUT2D eigenvalue weighted by Crippen LogP contribution is -2.46. The Labute approximate surface area is 146 Å². The summed E-state index contributed by atoms with van der Waals surface area (Å²) in [5, 5.41) is 0. The molecule has 0 saturated carbocycles. The van der Waals surface area contributed by atoms with Gasteiger partial charge < -0.3 is 9.72 Å². The Bertz CT molecular complexity index is 772. The lowest BCUT2D eigenvalue weighted by atomic mass is 9.82. The number of aromatic amines is 1. The van der Waals surface area contributed by atoms with Crippen molar-refractivity contribution in [3.05, 3.63) is 55.6 Å². The smallest absolute Gasteiger partial charge is 0.181 e. The Morgan fingerprint density at radius 2 is 2.17 bits per heavy atom. The van der Waals surface area contributed by atoms with E-state index < -0.39 is 0 Å². The predicted molar refractivity (Wildman–Crippen MR) is 96.6 cm³/mol. The van der Waals surface area contributed by atoms with Gasteiger partial charge in [-0.3, -0.25) is 9.69 Å². The van der Waals surface area contributed by atoms with Gasteiger partial charge in [0.05, 0.1) is 12.2 Å². The van der Waals surface area contributed by atoms with E-state index in [1.807, 2.05) is 11.3 Å². The molecule has 0 aromatic carbocycles. The van der Waals surface area contributed by atoms with Gasteiger partial charge in [0.1, 0.15) is 0 Å². The number of nitrogens with one attached hydrogen (secondary N) is 1. The summed E-state index contributed by atoms with van der Waals surface area (Å²) in [5.41, 5.74) is 2.46. The minimum absolute atomic E-state index is 0.0713. The highest BCUT2D eigenvalue weighted by Crippen LogP contribution is 2.44. The van der Waals surface area contributed by atoms with Gasteiger partial charge in [-0.05, 0) is 30.9 Å². The maximum absolute atomic E-state index is 11.5. The van der Waals surface area contributed by atoms with Gasteiger partial charge in [-0.15, -0.1) is 11.3 Å². The average Bonchev–Trinajstić information content (AvgIpc) is 3.02. The van der Waals surface area contributed by atoms with Crippen LogP contribution in [0.3, 0.4) is 0 Å². The van der Waals surface area contributed by atoms with E-state index in [0.717, 1.165) is 57.6 Å². The van der Waals surface area contributed by atoms with Gasteiger partial charge in [-0.25, -0.2) is 0 Å². The van der Waals surface area contributed by atoms with Crippen molar-refractivity contribution in [2.45, 2.75) is 44.8 Å². The van der Waals surface area contributed by atoms with E-state index in [1.54, 1.807) is 23.2 Å². The Kier molecular flexibility index (Phi) is 4.33. The van der Waals surface area contributed by atoms with Crippen LogP contribution in [0.25, 0.3) is 0 Å². The Morgan fingerprint density at radius 3 is 2.92 bits per heavy atom. The number of hydrogen-bond donors (Lipinski definition) is 1. The van der Waals surface area contributed by atoms with Crippen LogP contribution in [0.1, 0.15) is 40.8 Å². The van der Waals surface area contributed by atoms with Crippen molar-refractivity contribution >= 4 is 11.3 Å². The zero-order valence-corrected chi connectivity index (χ0v) is 15.0. The van der Waals surface area contributed by atoms with Crippen molar-refractivity contribution in [1.82, 2.24) is 9.88 Å². The minimum Gasteiger partial charge on any atom is -0.370 e. The molecule has 5 heteroatoms. The van der Waals surface area contributed by atoms with Crippen molar-refractivity contribution in [2.24, 2.45) is 0 Å². The fourth-order valence-corrected chi connectivity index (χ4v) is 5.13. The Morgan fingerprint density at radius 1 is 1.33 bits per heavy atom. The second kappa shape index (κ2) is 6.47. The SMILES string of the molecule is CCc1cc2c(s1)CCOC21CCN(Cc2cc(=O)cc[nH]2)CC1. The number of aryl methyl sites for hydroxylation is 1. The van der Waals surface area contributed by atoms with Crippen molar-refractivity contribution in [3.8, 4) is 0 Å². The Hall–Kier alpha value is -1.43. The summed E-state index contributed by atoms with van der Waals surface area (Å²) in [7, 11) is 0. The monoisotopic (exact) mass is 344 g/mol. The molecule has 1 N–H and O–H groups in total. The largest absolute Gasteiger partial charge is 0.370 e. The minimum atomic E-state index is -0.0713. The molecule has 0 bridgehead atoms. The molecule has 0 aliphatic carbocycles. The van der Waals surface area contributed by atoms with Gasteiger partial charge in [-0.2, -0.15) is 0 Å². The first-order valence-electron chi connectivity index (χ1n) is 8.84. The number of fused-ring (bicyclic) bond motifs is 2. The van der Waals surface area contributed by atoms with Crippen LogP contribution < -0.4 is 5.43 Å². The lowest BCUT2D eigenvalue weighted by Gasteiger charge is -2.44. The summed E-state index contributed by atoms with van der Waals surface area (Å²) in [4.78, 5) is 20.1. The van der Waals surface area contributed by atoms with E-state index in [9.17, 15) is 4.79 Å². The molecule has 1 spiro atoms. The first-order chi connectivity index (χ1) is 11.7. The van der Waals surface area contributed by atoms with Crippen LogP contribution in [-0.2, 0) is 29.7 Å². The zero-order valence-electron chi connectivity index (χ0n) is 14.1. The topological polar surface area (TPSA) is 45.3 Å². The lowest BCUT2D eigenvalue weighted by molar-refractivity contribution is -0.0982. The molecular formula is C19H24N2O2S.